The molecule has 1 aliphatic rings. The number of halogens is 1. The summed E-state index contributed by atoms with van der Waals surface area (Å²) in [5, 5.41) is 10.6. The van der Waals surface area contributed by atoms with Crippen LogP contribution in [0.15, 0.2) is 35.3 Å². The number of amides is 1. The third-order valence-electron chi connectivity index (χ3n) is 5.19. The van der Waals surface area contributed by atoms with Gasteiger partial charge < -0.3 is 25.6 Å². The fourth-order valence-corrected chi connectivity index (χ4v) is 3.58. The molecular weight excluding hydrogens is 493 g/mol. The molecule has 0 spiro atoms. The van der Waals surface area contributed by atoms with Gasteiger partial charge in [-0.2, -0.15) is 0 Å². The smallest absolute Gasteiger partial charge is 0.409 e. The van der Waals surface area contributed by atoms with Crippen LogP contribution in [0.5, 0.6) is 0 Å². The molecule has 1 heterocycles. The van der Waals surface area contributed by atoms with Gasteiger partial charge in [-0.3, -0.25) is 4.99 Å². The van der Waals surface area contributed by atoms with Crippen LogP contribution >= 0.6 is 24.0 Å². The third-order valence-corrected chi connectivity index (χ3v) is 5.19. The SMILES string of the molecule is CCOC(=O)N1CCC(NC(=NC)NCC(C)(C)NC(C)c2ccccc2)CC1.I. The highest BCUT2D eigenvalue weighted by atomic mass is 127. The number of hydrogen-bond acceptors (Lipinski definition) is 4. The molecule has 170 valence electrons. The molecule has 0 bridgehead atoms. The first-order valence-corrected chi connectivity index (χ1v) is 10.6. The van der Waals surface area contributed by atoms with E-state index in [2.05, 4.69) is 66.0 Å². The van der Waals surface area contributed by atoms with Gasteiger partial charge in [0.15, 0.2) is 5.96 Å². The van der Waals surface area contributed by atoms with Crippen LogP contribution in [0.1, 0.15) is 52.1 Å². The summed E-state index contributed by atoms with van der Waals surface area (Å²) >= 11 is 0. The number of piperidine rings is 1. The number of guanidine groups is 1. The van der Waals surface area contributed by atoms with E-state index >= 15 is 0 Å². The Hall–Kier alpha value is -1.55. The number of carbonyl (C=O) groups is 1. The first kappa shape index (κ1) is 26.5. The van der Waals surface area contributed by atoms with Gasteiger partial charge in [-0.15, -0.1) is 24.0 Å². The molecule has 1 aromatic rings. The molecule has 3 N–H and O–H groups in total. The fraction of sp³-hybridized carbons (Fsp3) is 0.636. The molecule has 0 aliphatic carbocycles. The van der Waals surface area contributed by atoms with Crippen molar-refractivity contribution in [2.45, 2.75) is 58.2 Å². The number of rotatable bonds is 7. The molecule has 7 nitrogen and oxygen atoms in total. The molecule has 1 atom stereocenters. The molecule has 0 saturated carbocycles. The summed E-state index contributed by atoms with van der Waals surface area (Å²) in [5.74, 6) is 0.793. The standard InChI is InChI=1S/C22H37N5O2.HI/c1-6-29-21(28)27-14-12-19(13-15-27)25-20(23-5)24-16-22(3,4)26-17(2)18-10-8-7-9-11-18;/h7-11,17,19,26H,6,12-16H2,1-5H3,(H2,23,24,25);1H. The summed E-state index contributed by atoms with van der Waals surface area (Å²) < 4.78 is 5.08. The highest BCUT2D eigenvalue weighted by Gasteiger charge is 2.25. The predicted molar refractivity (Wildman–Crippen MR) is 134 cm³/mol. The monoisotopic (exact) mass is 531 g/mol. The highest BCUT2D eigenvalue weighted by molar-refractivity contribution is 14.0. The van der Waals surface area contributed by atoms with Crippen molar-refractivity contribution in [1.82, 2.24) is 20.9 Å². The summed E-state index contributed by atoms with van der Waals surface area (Å²) in [7, 11) is 1.79. The second-order valence-electron chi connectivity index (χ2n) is 8.19. The first-order chi connectivity index (χ1) is 13.8. The van der Waals surface area contributed by atoms with Crippen LogP contribution in [0.4, 0.5) is 4.79 Å². The van der Waals surface area contributed by atoms with Crippen molar-refractivity contribution in [3.05, 3.63) is 35.9 Å². The third kappa shape index (κ3) is 8.67. The van der Waals surface area contributed by atoms with Crippen LogP contribution in [-0.4, -0.2) is 61.8 Å². The van der Waals surface area contributed by atoms with Crippen molar-refractivity contribution in [1.29, 1.82) is 0 Å². The lowest BCUT2D eigenvalue weighted by Crippen LogP contribution is -2.54. The minimum absolute atomic E-state index is 0. The molecule has 1 aromatic carbocycles. The lowest BCUT2D eigenvalue weighted by atomic mass is 10.0. The maximum atomic E-state index is 11.8. The number of likely N-dealkylation sites (tertiary alicyclic amines) is 1. The van der Waals surface area contributed by atoms with Gasteiger partial charge in [-0.25, -0.2) is 4.79 Å². The Kier molecular flexibility index (Phi) is 11.5. The minimum atomic E-state index is -0.214. The second kappa shape index (κ2) is 13.0. The van der Waals surface area contributed by atoms with Gasteiger partial charge in [0.25, 0.3) is 0 Å². The van der Waals surface area contributed by atoms with Crippen molar-refractivity contribution in [3.63, 3.8) is 0 Å². The number of nitrogens with one attached hydrogen (secondary N) is 3. The largest absolute Gasteiger partial charge is 0.450 e. The average Bonchev–Trinajstić information content (AvgIpc) is 2.72. The molecule has 0 radical (unpaired) electrons. The Morgan fingerprint density at radius 3 is 2.47 bits per heavy atom. The topological polar surface area (TPSA) is 78.0 Å². The normalized spacial score (nSPS) is 16.4. The van der Waals surface area contributed by atoms with Gasteiger partial charge >= 0.3 is 6.09 Å². The lowest BCUT2D eigenvalue weighted by molar-refractivity contribution is 0.0963. The summed E-state index contributed by atoms with van der Waals surface area (Å²) in [4.78, 5) is 18.0. The summed E-state index contributed by atoms with van der Waals surface area (Å²) in [6, 6.07) is 11.0. The Balaban J connectivity index is 0.00000450. The summed E-state index contributed by atoms with van der Waals surface area (Å²) in [6.07, 6.45) is 1.55. The van der Waals surface area contributed by atoms with Crippen LogP contribution in [-0.2, 0) is 4.74 Å². The minimum Gasteiger partial charge on any atom is -0.450 e. The van der Waals surface area contributed by atoms with Gasteiger partial charge in [-0.05, 0) is 46.1 Å². The van der Waals surface area contributed by atoms with E-state index in [0.717, 1.165) is 25.3 Å². The second-order valence-corrected chi connectivity index (χ2v) is 8.19. The lowest BCUT2D eigenvalue weighted by Gasteiger charge is -2.34. The van der Waals surface area contributed by atoms with Crippen molar-refractivity contribution >= 4 is 36.0 Å². The van der Waals surface area contributed by atoms with Gasteiger partial charge in [0.05, 0.1) is 6.61 Å². The van der Waals surface area contributed by atoms with Gasteiger partial charge in [0.1, 0.15) is 0 Å². The van der Waals surface area contributed by atoms with Crippen molar-refractivity contribution in [2.24, 2.45) is 4.99 Å². The van der Waals surface area contributed by atoms with E-state index in [0.29, 0.717) is 25.7 Å². The number of carbonyl (C=O) groups excluding carboxylic acids is 1. The summed E-state index contributed by atoms with van der Waals surface area (Å²) in [6.45, 7) is 10.9. The van der Waals surface area contributed by atoms with E-state index in [1.54, 1.807) is 11.9 Å². The van der Waals surface area contributed by atoms with Crippen molar-refractivity contribution < 1.29 is 9.53 Å². The van der Waals surface area contributed by atoms with E-state index < -0.39 is 0 Å². The molecule has 1 unspecified atom stereocenters. The number of nitrogens with zero attached hydrogens (tertiary/aromatic N) is 2. The van der Waals surface area contributed by atoms with E-state index in [1.165, 1.54) is 5.56 Å². The molecule has 0 aromatic heterocycles. The fourth-order valence-electron chi connectivity index (χ4n) is 3.58. The molecule has 1 fully saturated rings. The molecule has 1 amide bonds. The number of benzene rings is 1. The first-order valence-electron chi connectivity index (χ1n) is 10.6. The zero-order chi connectivity index (χ0) is 21.3. The molecule has 1 aliphatic heterocycles. The Labute approximate surface area is 198 Å². The number of aliphatic imine (C=N–C) groups is 1. The summed E-state index contributed by atoms with van der Waals surface area (Å²) in [5.41, 5.74) is 1.16. The van der Waals surface area contributed by atoms with Crippen LogP contribution in [0.25, 0.3) is 0 Å². The molecular formula is C22H38IN5O2. The van der Waals surface area contributed by atoms with Gasteiger partial charge in [0.2, 0.25) is 0 Å². The molecule has 8 heteroatoms. The van der Waals surface area contributed by atoms with Crippen LogP contribution in [0.2, 0.25) is 0 Å². The van der Waals surface area contributed by atoms with E-state index in [-0.39, 0.29) is 41.7 Å². The maximum Gasteiger partial charge on any atom is 0.409 e. The number of ether oxygens (including phenoxy) is 1. The van der Waals surface area contributed by atoms with E-state index in [9.17, 15) is 4.79 Å². The zero-order valence-electron chi connectivity index (χ0n) is 18.9. The highest BCUT2D eigenvalue weighted by Crippen LogP contribution is 2.16. The quantitative estimate of drug-likeness (QED) is 0.285. The van der Waals surface area contributed by atoms with E-state index in [4.69, 9.17) is 4.74 Å². The number of hydrogen-bond donors (Lipinski definition) is 3. The average molecular weight is 531 g/mol. The predicted octanol–water partition coefficient (Wildman–Crippen LogP) is 3.52. The molecule has 1 saturated heterocycles. The van der Waals surface area contributed by atoms with Crippen molar-refractivity contribution in [2.75, 3.05) is 33.3 Å². The Bertz CT molecular complexity index is 661. The molecule has 30 heavy (non-hydrogen) atoms. The van der Waals surface area contributed by atoms with Crippen LogP contribution in [0.3, 0.4) is 0 Å². The zero-order valence-corrected chi connectivity index (χ0v) is 21.2. The van der Waals surface area contributed by atoms with Gasteiger partial charge in [-0.1, -0.05) is 30.3 Å². The molecule has 2 rings (SSSR count). The van der Waals surface area contributed by atoms with Crippen LogP contribution in [0, 0.1) is 0 Å². The Morgan fingerprint density at radius 1 is 1.27 bits per heavy atom. The maximum absolute atomic E-state index is 11.8. The van der Waals surface area contributed by atoms with Crippen molar-refractivity contribution in [3.8, 4) is 0 Å². The van der Waals surface area contributed by atoms with E-state index in [1.807, 2.05) is 13.0 Å². The van der Waals surface area contributed by atoms with Gasteiger partial charge in [0, 0.05) is 44.3 Å². The Morgan fingerprint density at radius 2 is 1.90 bits per heavy atom. The van der Waals surface area contributed by atoms with Crippen LogP contribution < -0.4 is 16.0 Å².